The van der Waals surface area contributed by atoms with Gasteiger partial charge >= 0.3 is 0 Å². The lowest BCUT2D eigenvalue weighted by Crippen LogP contribution is -2.44. The average Bonchev–Trinajstić information content (AvgIpc) is 3.25. The number of hydrazine groups is 1. The maximum absolute atomic E-state index is 5.42. The van der Waals surface area contributed by atoms with Gasteiger partial charge in [-0.1, -0.05) is 19.1 Å². The third kappa shape index (κ3) is 4.35. The van der Waals surface area contributed by atoms with E-state index >= 15 is 0 Å². The molecule has 28 heavy (non-hydrogen) atoms. The molecule has 2 aliphatic rings. The van der Waals surface area contributed by atoms with E-state index in [0.29, 0.717) is 17.9 Å². The van der Waals surface area contributed by atoms with Crippen molar-refractivity contribution in [1.29, 1.82) is 0 Å². The van der Waals surface area contributed by atoms with Gasteiger partial charge in [-0.3, -0.25) is 15.8 Å². The molecule has 0 radical (unpaired) electrons. The van der Waals surface area contributed by atoms with Gasteiger partial charge in [-0.15, -0.1) is 0 Å². The second-order valence-corrected chi connectivity index (χ2v) is 7.91. The van der Waals surface area contributed by atoms with Crippen LogP contribution in [-0.4, -0.2) is 47.7 Å². The van der Waals surface area contributed by atoms with Crippen molar-refractivity contribution in [3.05, 3.63) is 53.6 Å². The van der Waals surface area contributed by atoms with E-state index in [9.17, 15) is 0 Å². The minimum Gasteiger partial charge on any atom is -0.497 e. The van der Waals surface area contributed by atoms with Gasteiger partial charge in [0.15, 0.2) is 0 Å². The third-order valence-corrected chi connectivity index (χ3v) is 6.17. The summed E-state index contributed by atoms with van der Waals surface area (Å²) in [5.74, 6) is 3.03. The Bertz CT molecular complexity index is 758. The Morgan fingerprint density at radius 2 is 1.96 bits per heavy atom. The lowest BCUT2D eigenvalue weighted by atomic mass is 9.80. The lowest BCUT2D eigenvalue weighted by Gasteiger charge is -2.36. The van der Waals surface area contributed by atoms with Gasteiger partial charge in [0.25, 0.3) is 0 Å². The third-order valence-electron chi connectivity index (χ3n) is 6.17. The first-order valence-electron chi connectivity index (χ1n) is 10.4. The molecule has 0 spiro atoms. The molecule has 6 heteroatoms. The van der Waals surface area contributed by atoms with Crippen LogP contribution in [0.15, 0.2) is 36.7 Å². The predicted octanol–water partition coefficient (Wildman–Crippen LogP) is 2.52. The van der Waals surface area contributed by atoms with Crippen molar-refractivity contribution in [2.75, 3.05) is 26.7 Å². The molecule has 2 fully saturated rings. The molecule has 6 nitrogen and oxygen atoms in total. The van der Waals surface area contributed by atoms with Gasteiger partial charge < -0.3 is 4.74 Å². The average molecular weight is 382 g/mol. The summed E-state index contributed by atoms with van der Waals surface area (Å²) in [5, 5.41) is 0. The molecule has 2 aliphatic heterocycles. The van der Waals surface area contributed by atoms with Crippen molar-refractivity contribution in [2.24, 2.45) is 5.92 Å². The van der Waals surface area contributed by atoms with Crippen LogP contribution < -0.4 is 15.6 Å². The summed E-state index contributed by atoms with van der Waals surface area (Å²) in [4.78, 5) is 11.4. The van der Waals surface area contributed by atoms with Crippen LogP contribution in [0.2, 0.25) is 0 Å². The number of methoxy groups -OCH3 is 1. The van der Waals surface area contributed by atoms with Gasteiger partial charge in [0, 0.05) is 49.4 Å². The van der Waals surface area contributed by atoms with Gasteiger partial charge in [0.1, 0.15) is 11.6 Å². The first kappa shape index (κ1) is 19.3. The van der Waals surface area contributed by atoms with Gasteiger partial charge in [0.2, 0.25) is 0 Å². The Labute approximate surface area is 167 Å². The van der Waals surface area contributed by atoms with Crippen molar-refractivity contribution >= 4 is 0 Å². The molecule has 3 heterocycles. The Morgan fingerprint density at radius 1 is 1.18 bits per heavy atom. The summed E-state index contributed by atoms with van der Waals surface area (Å²) in [6.45, 7) is 6.27. The number of benzene rings is 1. The first-order chi connectivity index (χ1) is 13.8. The van der Waals surface area contributed by atoms with Crippen LogP contribution >= 0.6 is 0 Å². The van der Waals surface area contributed by atoms with E-state index in [-0.39, 0.29) is 0 Å². The summed E-state index contributed by atoms with van der Waals surface area (Å²) in [6.07, 6.45) is 7.29. The summed E-state index contributed by atoms with van der Waals surface area (Å²) in [7, 11) is 1.73. The van der Waals surface area contributed by atoms with Gasteiger partial charge in [-0.05, 0) is 49.5 Å². The fourth-order valence-corrected chi connectivity index (χ4v) is 4.53. The van der Waals surface area contributed by atoms with E-state index < -0.39 is 0 Å². The Kier molecular flexibility index (Phi) is 6.20. The molecular weight excluding hydrogens is 350 g/mol. The number of nitrogens with one attached hydrogen (secondary N) is 2. The number of ether oxygens (including phenoxy) is 1. The highest BCUT2D eigenvalue weighted by Gasteiger charge is 2.36. The fourth-order valence-electron chi connectivity index (χ4n) is 4.53. The second kappa shape index (κ2) is 8.99. The van der Waals surface area contributed by atoms with Crippen molar-refractivity contribution in [3.63, 3.8) is 0 Å². The quantitative estimate of drug-likeness (QED) is 0.802. The Balaban J connectivity index is 1.34. The van der Waals surface area contributed by atoms with Crippen LogP contribution in [0.3, 0.4) is 0 Å². The molecule has 150 valence electrons. The molecule has 2 saturated heterocycles. The first-order valence-corrected chi connectivity index (χ1v) is 10.4. The molecular formula is C22H31N5O. The van der Waals surface area contributed by atoms with Crippen LogP contribution in [0.4, 0.5) is 0 Å². The summed E-state index contributed by atoms with van der Waals surface area (Å²) >= 11 is 0. The monoisotopic (exact) mass is 381 g/mol. The second-order valence-electron chi connectivity index (χ2n) is 7.91. The van der Waals surface area contributed by atoms with E-state index in [1.165, 1.54) is 24.0 Å². The standard InChI is InChI=1S/C22H31N5O/c1-3-21-23-12-16(13-24-21)15-27-9-7-17(8-10-27)22-20(14-25-26-22)18-5-4-6-19(11-18)28-2/h4-6,11-13,17,20,22,25-26H,3,7-10,14-15H2,1-2H3. The molecule has 0 bridgehead atoms. The number of rotatable bonds is 6. The number of aryl methyl sites for hydroxylation is 1. The smallest absolute Gasteiger partial charge is 0.127 e. The molecule has 2 unspecified atom stereocenters. The van der Waals surface area contributed by atoms with E-state index in [1.807, 2.05) is 18.5 Å². The zero-order valence-electron chi connectivity index (χ0n) is 16.9. The molecule has 2 atom stereocenters. The van der Waals surface area contributed by atoms with Crippen molar-refractivity contribution in [2.45, 2.75) is 44.7 Å². The summed E-state index contributed by atoms with van der Waals surface area (Å²) in [6, 6.07) is 8.99. The number of hydrogen-bond acceptors (Lipinski definition) is 6. The van der Waals surface area contributed by atoms with E-state index in [4.69, 9.17) is 4.74 Å². The zero-order valence-corrected chi connectivity index (χ0v) is 16.9. The fraction of sp³-hybridized carbons (Fsp3) is 0.545. The maximum Gasteiger partial charge on any atom is 0.127 e. The van der Waals surface area contributed by atoms with Crippen molar-refractivity contribution in [1.82, 2.24) is 25.7 Å². The van der Waals surface area contributed by atoms with Crippen LogP contribution in [0.1, 0.15) is 42.6 Å². The minimum atomic E-state index is 0.474. The highest BCUT2D eigenvalue weighted by Crippen LogP contribution is 2.33. The van der Waals surface area contributed by atoms with Gasteiger partial charge in [0.05, 0.1) is 7.11 Å². The van der Waals surface area contributed by atoms with Crippen LogP contribution in [-0.2, 0) is 13.0 Å². The highest BCUT2D eigenvalue weighted by molar-refractivity contribution is 5.32. The van der Waals surface area contributed by atoms with Crippen molar-refractivity contribution < 1.29 is 4.74 Å². The van der Waals surface area contributed by atoms with E-state index in [2.05, 4.69) is 50.8 Å². The molecule has 1 aromatic heterocycles. The summed E-state index contributed by atoms with van der Waals surface area (Å²) in [5.41, 5.74) is 9.53. The lowest BCUT2D eigenvalue weighted by molar-refractivity contribution is 0.151. The van der Waals surface area contributed by atoms with Crippen LogP contribution in [0.5, 0.6) is 5.75 Å². The van der Waals surface area contributed by atoms with Crippen LogP contribution in [0, 0.1) is 5.92 Å². The molecule has 2 aromatic rings. The molecule has 0 amide bonds. The van der Waals surface area contributed by atoms with Crippen LogP contribution in [0.25, 0.3) is 0 Å². The number of likely N-dealkylation sites (tertiary alicyclic amines) is 1. The molecule has 4 rings (SSSR count). The van der Waals surface area contributed by atoms with E-state index in [1.54, 1.807) is 7.11 Å². The number of piperidine rings is 1. The van der Waals surface area contributed by atoms with Crippen molar-refractivity contribution in [3.8, 4) is 5.75 Å². The topological polar surface area (TPSA) is 62.3 Å². The minimum absolute atomic E-state index is 0.474. The van der Waals surface area contributed by atoms with Gasteiger partial charge in [-0.25, -0.2) is 9.97 Å². The predicted molar refractivity (Wildman–Crippen MR) is 110 cm³/mol. The van der Waals surface area contributed by atoms with E-state index in [0.717, 1.165) is 44.2 Å². The normalized spacial score (nSPS) is 23.8. The molecule has 0 saturated carbocycles. The Hall–Kier alpha value is -2.02. The maximum atomic E-state index is 5.42. The largest absolute Gasteiger partial charge is 0.497 e. The Morgan fingerprint density at radius 3 is 2.68 bits per heavy atom. The van der Waals surface area contributed by atoms with Gasteiger partial charge in [-0.2, -0.15) is 0 Å². The number of nitrogens with zero attached hydrogens (tertiary/aromatic N) is 3. The molecule has 2 N–H and O–H groups in total. The SMILES string of the molecule is CCc1ncc(CN2CCC(C3NNCC3c3cccc(OC)c3)CC2)cn1. The summed E-state index contributed by atoms with van der Waals surface area (Å²) < 4.78 is 5.42. The zero-order chi connectivity index (χ0) is 19.3. The number of hydrogen-bond donors (Lipinski definition) is 2. The number of aromatic nitrogens is 2. The molecule has 0 aliphatic carbocycles. The highest BCUT2D eigenvalue weighted by atomic mass is 16.5. The molecule has 1 aromatic carbocycles.